The van der Waals surface area contributed by atoms with E-state index in [0.29, 0.717) is 0 Å². The molecule has 1 rings (SSSR count). The van der Waals surface area contributed by atoms with Gasteiger partial charge in [0.1, 0.15) is 5.69 Å². The van der Waals surface area contributed by atoms with Crippen molar-refractivity contribution in [2.75, 3.05) is 0 Å². The van der Waals surface area contributed by atoms with E-state index in [0.717, 1.165) is 6.07 Å². The Balaban J connectivity index is 3.31. The van der Waals surface area contributed by atoms with Crippen LogP contribution in [0, 0.1) is 13.8 Å². The zero-order valence-corrected chi connectivity index (χ0v) is 9.29. The van der Waals surface area contributed by atoms with Gasteiger partial charge < -0.3 is 0 Å². The van der Waals surface area contributed by atoms with Crippen LogP contribution in [0.3, 0.4) is 0 Å². The molecule has 0 saturated carbocycles. The van der Waals surface area contributed by atoms with E-state index in [1.807, 2.05) is 0 Å². The largest absolute Gasteiger partial charge is 0.302 e. The van der Waals surface area contributed by atoms with Gasteiger partial charge in [-0.1, -0.05) is 11.6 Å². The highest BCUT2D eigenvalue weighted by molar-refractivity contribution is 14.1. The predicted molar refractivity (Wildman–Crippen MR) is 53.6 cm³/mol. The second-order valence-electron chi connectivity index (χ2n) is 2.22. The lowest BCUT2D eigenvalue weighted by Gasteiger charge is -2.02. The van der Waals surface area contributed by atoms with E-state index < -0.39 is 22.1 Å². The highest BCUT2D eigenvalue weighted by Gasteiger charge is 2.21. The second-order valence-corrected chi connectivity index (χ2v) is 3.65. The quantitative estimate of drug-likeness (QED) is 0.361. The number of pyridine rings is 1. The predicted octanol–water partition coefficient (Wildman–Crippen LogP) is 3.19. The monoisotopic (exact) mass is 334 g/mol. The molecule has 4 nitrogen and oxygen atoms in total. The number of nitro groups is 1. The van der Waals surface area contributed by atoms with Crippen molar-refractivity contribution < 1.29 is 13.7 Å². The summed E-state index contributed by atoms with van der Waals surface area (Å²) in [5, 5.41) is 9.97. The molecule has 1 heterocycles. The van der Waals surface area contributed by atoms with Gasteiger partial charge in [0.05, 0.1) is 9.95 Å². The second kappa shape index (κ2) is 4.30. The fourth-order valence-corrected chi connectivity index (χ4v) is 1.59. The Morgan fingerprint density at radius 1 is 1.64 bits per heavy atom. The Morgan fingerprint density at radius 3 is 2.64 bits per heavy atom. The minimum absolute atomic E-state index is 0.104. The number of aromatic nitrogens is 1. The molecule has 0 radical (unpaired) electrons. The van der Waals surface area contributed by atoms with Crippen molar-refractivity contribution in [1.29, 1.82) is 0 Å². The van der Waals surface area contributed by atoms with Gasteiger partial charge in [-0.2, -0.15) is 0 Å². The summed E-state index contributed by atoms with van der Waals surface area (Å²) in [5.41, 5.74) is -1.01. The van der Waals surface area contributed by atoms with Crippen LogP contribution in [0.5, 0.6) is 0 Å². The van der Waals surface area contributed by atoms with Crippen molar-refractivity contribution >= 4 is 39.9 Å². The SMILES string of the molecule is O=[N+]([O-])c1cc(Cl)c(C(F)F)nc1I. The Hall–Kier alpha value is -0.570. The Labute approximate surface area is 95.6 Å². The summed E-state index contributed by atoms with van der Waals surface area (Å²) in [7, 11) is 0. The maximum Gasteiger partial charge on any atom is 0.302 e. The molecule has 0 aliphatic carbocycles. The zero-order valence-electron chi connectivity index (χ0n) is 6.38. The van der Waals surface area contributed by atoms with Crippen LogP contribution in [0.25, 0.3) is 0 Å². The average molecular weight is 334 g/mol. The molecule has 0 unspecified atom stereocenters. The minimum atomic E-state index is -2.84. The van der Waals surface area contributed by atoms with Gasteiger partial charge in [0.15, 0.2) is 3.70 Å². The van der Waals surface area contributed by atoms with Gasteiger partial charge in [0, 0.05) is 6.07 Å². The summed E-state index contributed by atoms with van der Waals surface area (Å²) in [6.45, 7) is 0. The molecular formula is C6H2ClF2IN2O2. The van der Waals surface area contributed by atoms with Gasteiger partial charge in [-0.15, -0.1) is 0 Å². The number of alkyl halides is 2. The molecule has 0 aromatic carbocycles. The Morgan fingerprint density at radius 2 is 2.21 bits per heavy atom. The molecular weight excluding hydrogens is 332 g/mol. The summed E-state index contributed by atoms with van der Waals surface area (Å²) in [6.07, 6.45) is -2.84. The van der Waals surface area contributed by atoms with Gasteiger partial charge in [-0.25, -0.2) is 13.8 Å². The van der Waals surface area contributed by atoms with Crippen LogP contribution >= 0.6 is 34.2 Å². The van der Waals surface area contributed by atoms with E-state index in [-0.39, 0.29) is 9.39 Å². The molecule has 0 spiro atoms. The molecule has 0 N–H and O–H groups in total. The lowest BCUT2D eigenvalue weighted by molar-refractivity contribution is -0.386. The Kier molecular flexibility index (Phi) is 3.53. The van der Waals surface area contributed by atoms with Crippen LogP contribution in [-0.4, -0.2) is 9.91 Å². The van der Waals surface area contributed by atoms with Crippen molar-refractivity contribution in [3.63, 3.8) is 0 Å². The highest BCUT2D eigenvalue weighted by atomic mass is 127. The third kappa shape index (κ3) is 2.27. The number of hydrogen-bond acceptors (Lipinski definition) is 3. The third-order valence-corrected chi connectivity index (χ3v) is 2.44. The van der Waals surface area contributed by atoms with E-state index in [1.54, 1.807) is 0 Å². The summed E-state index contributed by atoms with van der Waals surface area (Å²) in [5.74, 6) is 0. The topological polar surface area (TPSA) is 56.0 Å². The molecule has 0 fully saturated rings. The molecule has 1 aromatic heterocycles. The van der Waals surface area contributed by atoms with Gasteiger partial charge in [-0.05, 0) is 22.6 Å². The third-order valence-electron chi connectivity index (χ3n) is 1.34. The molecule has 0 aliphatic rings. The number of nitrogens with zero attached hydrogens (tertiary/aromatic N) is 2. The summed E-state index contributed by atoms with van der Waals surface area (Å²) < 4.78 is 24.3. The first-order valence-electron chi connectivity index (χ1n) is 3.22. The fraction of sp³-hybridized carbons (Fsp3) is 0.167. The highest BCUT2D eigenvalue weighted by Crippen LogP contribution is 2.30. The maximum absolute atomic E-state index is 12.2. The van der Waals surface area contributed by atoms with Gasteiger partial charge in [0.25, 0.3) is 6.43 Å². The van der Waals surface area contributed by atoms with Crippen LogP contribution in [0.15, 0.2) is 6.07 Å². The van der Waals surface area contributed by atoms with E-state index in [1.165, 1.54) is 22.6 Å². The molecule has 76 valence electrons. The molecule has 0 atom stereocenters. The van der Waals surface area contributed by atoms with Crippen molar-refractivity contribution in [2.45, 2.75) is 6.43 Å². The molecule has 0 bridgehead atoms. The van der Waals surface area contributed by atoms with E-state index in [9.17, 15) is 18.9 Å². The summed E-state index contributed by atoms with van der Waals surface area (Å²) in [6, 6.07) is 0.873. The van der Waals surface area contributed by atoms with Gasteiger partial charge in [-0.3, -0.25) is 10.1 Å². The molecule has 0 saturated heterocycles. The van der Waals surface area contributed by atoms with Crippen LogP contribution in [0.1, 0.15) is 12.1 Å². The normalized spacial score (nSPS) is 10.6. The fourth-order valence-electron chi connectivity index (χ4n) is 0.751. The van der Waals surface area contributed by atoms with Gasteiger partial charge in [0.2, 0.25) is 0 Å². The Bertz CT molecular complexity index is 388. The standard InChI is InChI=1S/C6H2ClF2IN2O2/c7-2-1-3(12(13)14)6(10)11-4(2)5(8)9/h1,5H. The molecule has 8 heteroatoms. The van der Waals surface area contributed by atoms with Crippen molar-refractivity contribution in [3.8, 4) is 0 Å². The van der Waals surface area contributed by atoms with Crippen LogP contribution in [0.2, 0.25) is 5.02 Å². The first-order valence-corrected chi connectivity index (χ1v) is 4.67. The smallest absolute Gasteiger partial charge is 0.258 e. The molecule has 1 aromatic rings. The summed E-state index contributed by atoms with van der Waals surface area (Å²) >= 11 is 6.90. The first kappa shape index (κ1) is 11.5. The van der Waals surface area contributed by atoms with Crippen molar-refractivity contribution in [1.82, 2.24) is 4.98 Å². The summed E-state index contributed by atoms with van der Waals surface area (Å²) in [4.78, 5) is 13.0. The molecule has 0 amide bonds. The van der Waals surface area contributed by atoms with E-state index in [4.69, 9.17) is 11.6 Å². The molecule has 0 aliphatic heterocycles. The van der Waals surface area contributed by atoms with Crippen LogP contribution in [-0.2, 0) is 0 Å². The molecule has 14 heavy (non-hydrogen) atoms. The lowest BCUT2D eigenvalue weighted by Crippen LogP contribution is -1.99. The first-order chi connectivity index (χ1) is 6.43. The maximum atomic E-state index is 12.2. The number of rotatable bonds is 2. The number of hydrogen-bond donors (Lipinski definition) is 0. The lowest BCUT2D eigenvalue weighted by atomic mass is 10.3. The van der Waals surface area contributed by atoms with E-state index >= 15 is 0 Å². The average Bonchev–Trinajstić information content (AvgIpc) is 2.07. The van der Waals surface area contributed by atoms with Crippen molar-refractivity contribution in [3.05, 3.63) is 30.6 Å². The minimum Gasteiger partial charge on any atom is -0.258 e. The van der Waals surface area contributed by atoms with E-state index in [2.05, 4.69) is 4.98 Å². The van der Waals surface area contributed by atoms with Crippen LogP contribution < -0.4 is 0 Å². The van der Waals surface area contributed by atoms with Crippen molar-refractivity contribution in [2.24, 2.45) is 0 Å². The van der Waals surface area contributed by atoms with Crippen LogP contribution in [0.4, 0.5) is 14.5 Å². The van der Waals surface area contributed by atoms with Gasteiger partial charge >= 0.3 is 5.69 Å². The number of halogens is 4. The zero-order chi connectivity index (χ0) is 10.9.